The van der Waals surface area contributed by atoms with Crippen LogP contribution in [0.4, 0.5) is 0 Å². The minimum atomic E-state index is -0.348. The molecule has 0 saturated carbocycles. The number of hydrogen-bond acceptors (Lipinski definition) is 6. The Morgan fingerprint density at radius 2 is 1.84 bits per heavy atom. The van der Waals surface area contributed by atoms with Crippen molar-refractivity contribution in [2.75, 3.05) is 0 Å². The molecule has 0 saturated heterocycles. The second-order valence-corrected chi connectivity index (χ2v) is 8.59. The largest absolute Gasteiger partial charge is 0.469 e. The molecule has 0 radical (unpaired) electrons. The summed E-state index contributed by atoms with van der Waals surface area (Å²) in [6.07, 6.45) is 1.66. The normalized spacial score (nSPS) is 11.3. The lowest BCUT2D eigenvalue weighted by atomic mass is 10.1. The fourth-order valence-corrected chi connectivity index (χ4v) is 4.65. The van der Waals surface area contributed by atoms with Gasteiger partial charge in [0.2, 0.25) is 0 Å². The van der Waals surface area contributed by atoms with Crippen LogP contribution in [0.2, 0.25) is 0 Å². The Balaban J connectivity index is 1.52. The van der Waals surface area contributed by atoms with Crippen LogP contribution in [0.5, 0.6) is 0 Å². The summed E-state index contributed by atoms with van der Waals surface area (Å²) in [6.45, 7) is 4.53. The molecule has 0 fully saturated rings. The number of nitrogens with zero attached hydrogens (tertiary/aromatic N) is 3. The minimum Gasteiger partial charge on any atom is -0.469 e. The van der Waals surface area contributed by atoms with Crippen molar-refractivity contribution in [3.8, 4) is 11.4 Å². The summed E-state index contributed by atoms with van der Waals surface area (Å²) in [4.78, 5) is 12.1. The number of thioether (sulfide) groups is 1. The zero-order valence-corrected chi connectivity index (χ0v) is 18.6. The highest BCUT2D eigenvalue weighted by atomic mass is 32.2. The summed E-state index contributed by atoms with van der Waals surface area (Å²) in [7, 11) is 0. The Labute approximate surface area is 188 Å². The van der Waals surface area contributed by atoms with Crippen molar-refractivity contribution in [2.24, 2.45) is 0 Å². The number of furan rings is 1. The predicted molar refractivity (Wildman–Crippen MR) is 125 cm³/mol. The van der Waals surface area contributed by atoms with Crippen LogP contribution in [-0.4, -0.2) is 14.8 Å². The van der Waals surface area contributed by atoms with E-state index < -0.39 is 0 Å². The molecule has 3 heterocycles. The average Bonchev–Trinajstić information content (AvgIpc) is 3.37. The monoisotopic (exact) mass is 443 g/mol. The average molecular weight is 444 g/mol. The maximum atomic E-state index is 12.1. The zero-order chi connectivity index (χ0) is 22.1. The van der Waals surface area contributed by atoms with E-state index in [1.165, 1.54) is 0 Å². The molecule has 6 nitrogen and oxygen atoms in total. The van der Waals surface area contributed by atoms with Crippen LogP contribution < -0.4 is 5.63 Å². The molecule has 0 unspecified atom stereocenters. The molecule has 3 aromatic heterocycles. The molecule has 5 rings (SSSR count). The molecule has 0 aliphatic carbocycles. The second-order valence-electron chi connectivity index (χ2n) is 7.65. The van der Waals surface area contributed by atoms with Crippen LogP contribution >= 0.6 is 11.8 Å². The van der Waals surface area contributed by atoms with Crippen molar-refractivity contribution in [1.82, 2.24) is 14.8 Å². The summed E-state index contributed by atoms with van der Waals surface area (Å²) >= 11 is 1.55. The Morgan fingerprint density at radius 1 is 1.00 bits per heavy atom. The van der Waals surface area contributed by atoms with E-state index in [0.29, 0.717) is 17.9 Å². The van der Waals surface area contributed by atoms with E-state index in [1.54, 1.807) is 24.1 Å². The van der Waals surface area contributed by atoms with Crippen molar-refractivity contribution in [1.29, 1.82) is 0 Å². The third kappa shape index (κ3) is 3.99. The van der Waals surface area contributed by atoms with E-state index in [-0.39, 0.29) is 5.63 Å². The first-order valence-electron chi connectivity index (χ1n) is 10.3. The van der Waals surface area contributed by atoms with Gasteiger partial charge in [0.05, 0.1) is 18.4 Å². The quantitative estimate of drug-likeness (QED) is 0.251. The van der Waals surface area contributed by atoms with Crippen LogP contribution in [0.25, 0.3) is 22.4 Å². The second kappa shape index (κ2) is 8.51. The van der Waals surface area contributed by atoms with Gasteiger partial charge in [-0.25, -0.2) is 4.79 Å². The van der Waals surface area contributed by atoms with Crippen LogP contribution in [0.1, 0.15) is 22.5 Å². The molecule has 0 aliphatic rings. The zero-order valence-electron chi connectivity index (χ0n) is 17.7. The summed E-state index contributed by atoms with van der Waals surface area (Å²) in [5.41, 5.74) is 4.29. The van der Waals surface area contributed by atoms with E-state index in [9.17, 15) is 4.79 Å². The number of fused-ring (bicyclic) bond motifs is 1. The Morgan fingerprint density at radius 3 is 2.62 bits per heavy atom. The molecular weight excluding hydrogens is 422 g/mol. The van der Waals surface area contributed by atoms with Crippen molar-refractivity contribution >= 4 is 22.7 Å². The summed E-state index contributed by atoms with van der Waals surface area (Å²) in [6, 6.07) is 19.6. The fourth-order valence-electron chi connectivity index (χ4n) is 3.72. The molecule has 0 aliphatic heterocycles. The lowest BCUT2D eigenvalue weighted by Gasteiger charge is -2.11. The SMILES string of the molecule is Cc1ccc2c(CSc3nnc(-c4ccoc4C)n3Cc3ccccc3)cc(=O)oc2c1. The van der Waals surface area contributed by atoms with Gasteiger partial charge in [0, 0.05) is 17.2 Å². The summed E-state index contributed by atoms with van der Waals surface area (Å²) < 4.78 is 13.0. The molecule has 0 bridgehead atoms. The van der Waals surface area contributed by atoms with E-state index in [1.807, 2.05) is 56.3 Å². The minimum absolute atomic E-state index is 0.348. The number of benzene rings is 2. The van der Waals surface area contributed by atoms with Gasteiger partial charge in [-0.1, -0.05) is 54.2 Å². The van der Waals surface area contributed by atoms with Gasteiger partial charge in [0.1, 0.15) is 11.3 Å². The first-order valence-corrected chi connectivity index (χ1v) is 11.2. The van der Waals surface area contributed by atoms with Gasteiger partial charge in [-0.05, 0) is 42.7 Å². The third-order valence-corrected chi connectivity index (χ3v) is 6.36. The van der Waals surface area contributed by atoms with Gasteiger partial charge in [0.15, 0.2) is 11.0 Å². The van der Waals surface area contributed by atoms with Gasteiger partial charge in [-0.2, -0.15) is 0 Å². The predicted octanol–water partition coefficient (Wildman–Crippen LogP) is 5.60. The maximum absolute atomic E-state index is 12.1. The fraction of sp³-hybridized carbons (Fsp3) is 0.160. The van der Waals surface area contributed by atoms with Crippen molar-refractivity contribution in [3.05, 3.63) is 99.8 Å². The first kappa shape index (κ1) is 20.3. The maximum Gasteiger partial charge on any atom is 0.336 e. The van der Waals surface area contributed by atoms with E-state index in [0.717, 1.165) is 44.4 Å². The van der Waals surface area contributed by atoms with Gasteiger partial charge in [-0.15, -0.1) is 10.2 Å². The molecule has 0 atom stereocenters. The molecular formula is C25H21N3O3S. The Hall–Kier alpha value is -3.58. The standard InChI is InChI=1S/C25H21N3O3S/c1-16-8-9-21-19(13-23(29)31-22(21)12-16)15-32-25-27-26-24(20-10-11-30-17(20)2)28(25)14-18-6-4-3-5-7-18/h3-13H,14-15H2,1-2H3. The van der Waals surface area contributed by atoms with E-state index in [2.05, 4.69) is 26.9 Å². The number of rotatable bonds is 6. The number of aromatic nitrogens is 3. The molecule has 0 N–H and O–H groups in total. The van der Waals surface area contributed by atoms with Gasteiger partial charge >= 0.3 is 5.63 Å². The van der Waals surface area contributed by atoms with E-state index >= 15 is 0 Å². The molecule has 5 aromatic rings. The number of aryl methyl sites for hydroxylation is 2. The molecule has 0 amide bonds. The molecule has 7 heteroatoms. The third-order valence-electron chi connectivity index (χ3n) is 5.34. The van der Waals surface area contributed by atoms with Crippen LogP contribution in [0.3, 0.4) is 0 Å². The molecule has 2 aromatic carbocycles. The smallest absolute Gasteiger partial charge is 0.336 e. The summed E-state index contributed by atoms with van der Waals surface area (Å²) in [5, 5.41) is 10.7. The van der Waals surface area contributed by atoms with E-state index in [4.69, 9.17) is 8.83 Å². The lowest BCUT2D eigenvalue weighted by molar-refractivity contribution is 0.534. The topological polar surface area (TPSA) is 74.1 Å². The highest BCUT2D eigenvalue weighted by molar-refractivity contribution is 7.98. The molecule has 32 heavy (non-hydrogen) atoms. The number of hydrogen-bond donors (Lipinski definition) is 0. The van der Waals surface area contributed by atoms with Crippen LogP contribution in [0.15, 0.2) is 85.7 Å². The van der Waals surface area contributed by atoms with Crippen LogP contribution in [-0.2, 0) is 12.3 Å². The molecule has 160 valence electrons. The Kier molecular flexibility index (Phi) is 5.41. The van der Waals surface area contributed by atoms with Crippen molar-refractivity contribution < 1.29 is 8.83 Å². The Bertz CT molecular complexity index is 1450. The van der Waals surface area contributed by atoms with Gasteiger partial charge < -0.3 is 8.83 Å². The van der Waals surface area contributed by atoms with Gasteiger partial charge in [0.25, 0.3) is 0 Å². The highest BCUT2D eigenvalue weighted by Crippen LogP contribution is 2.31. The molecule has 0 spiro atoms. The lowest BCUT2D eigenvalue weighted by Crippen LogP contribution is -2.05. The van der Waals surface area contributed by atoms with Crippen LogP contribution in [0, 0.1) is 13.8 Å². The van der Waals surface area contributed by atoms with Crippen molar-refractivity contribution in [3.63, 3.8) is 0 Å². The highest BCUT2D eigenvalue weighted by Gasteiger charge is 2.18. The van der Waals surface area contributed by atoms with Crippen molar-refractivity contribution in [2.45, 2.75) is 31.3 Å². The first-order chi connectivity index (χ1) is 15.6. The van der Waals surface area contributed by atoms with Gasteiger partial charge in [-0.3, -0.25) is 4.57 Å². The summed E-state index contributed by atoms with van der Waals surface area (Å²) in [5.74, 6) is 2.13.